The Kier molecular flexibility index (Phi) is 47.9. The van der Waals surface area contributed by atoms with Gasteiger partial charge in [0, 0.05) is 19.3 Å². The Balaban J connectivity index is 1.85. The lowest BCUT2D eigenvalue weighted by atomic mass is 9.85. The first-order valence-corrected chi connectivity index (χ1v) is 36.8. The highest BCUT2D eigenvalue weighted by Gasteiger charge is 2.51. The van der Waals surface area contributed by atoms with Gasteiger partial charge in [0.1, 0.15) is 97.7 Å². The van der Waals surface area contributed by atoms with Gasteiger partial charge in [-0.1, -0.05) is 120 Å². The fourth-order valence-corrected chi connectivity index (χ4v) is 12.9. The van der Waals surface area contributed by atoms with Crippen LogP contribution in [0, 0.1) is 11.8 Å². The molecule has 0 aliphatic carbocycles. The van der Waals surface area contributed by atoms with Crippen LogP contribution in [-0.2, 0) is 14.3 Å². The molecule has 2 aliphatic heterocycles. The Morgan fingerprint density at radius 1 is 0.480 bits per heavy atom. The molecule has 596 valence electrons. The molecular weight excluding hydrogens is 1340 g/mol. The van der Waals surface area contributed by atoms with E-state index in [0.717, 1.165) is 51.0 Å². The van der Waals surface area contributed by atoms with E-state index in [1.807, 2.05) is 25.2 Å². The fourth-order valence-electron chi connectivity index (χ4n) is 12.9. The summed E-state index contributed by atoms with van der Waals surface area (Å²) in [6.07, 6.45) is -22.5. The average Bonchev–Trinajstić information content (AvgIpc) is 0.799. The van der Waals surface area contributed by atoms with Gasteiger partial charge in [0.05, 0.1) is 79.9 Å². The number of allylic oxidation sites excluding steroid dienone is 6. The Bertz CT molecular complexity index is 2370. The molecule has 30 atom stereocenters. The minimum atomic E-state index is -2.10. The first-order valence-electron chi connectivity index (χ1n) is 36.8. The number of hydrogen-bond acceptors (Lipinski definition) is 28. The van der Waals surface area contributed by atoms with E-state index in [1.54, 1.807) is 12.2 Å². The molecule has 102 heavy (non-hydrogen) atoms. The summed E-state index contributed by atoms with van der Waals surface area (Å²) in [5, 5.41) is 267. The van der Waals surface area contributed by atoms with E-state index in [0.29, 0.717) is 64.2 Å². The van der Waals surface area contributed by atoms with E-state index in [9.17, 15) is 127 Å². The summed E-state index contributed by atoms with van der Waals surface area (Å²) in [5.74, 6) is -1.36. The zero-order valence-corrected chi connectivity index (χ0v) is 60.1. The van der Waals surface area contributed by atoms with Crippen molar-refractivity contribution < 1.29 is 142 Å². The van der Waals surface area contributed by atoms with Crippen molar-refractivity contribution in [1.82, 2.24) is 0 Å². The molecule has 2 rings (SSSR count). The molecule has 25 N–H and O–H groups in total. The molecule has 0 bridgehead atoms. The van der Waals surface area contributed by atoms with Gasteiger partial charge in [-0.2, -0.15) is 0 Å². The highest BCUT2D eigenvalue weighted by atomic mass is 16.6. The molecule has 0 amide bonds. The molecule has 2 aliphatic rings. The maximum absolute atomic E-state index is 12.3. The fraction of sp³-hybridized carbons (Fsp3) is 0.824. The van der Waals surface area contributed by atoms with Crippen molar-refractivity contribution >= 4 is 5.78 Å². The number of aliphatic hydroxyl groups excluding tert-OH is 25. The number of hydrogen-bond donors (Lipinski definition) is 25. The lowest BCUT2D eigenvalue weighted by Gasteiger charge is -2.44. The van der Waals surface area contributed by atoms with Gasteiger partial charge in [-0.05, 0) is 133 Å². The first-order chi connectivity index (χ1) is 48.1. The maximum Gasteiger partial charge on any atom is 0.157 e. The summed E-state index contributed by atoms with van der Waals surface area (Å²) >= 11 is 0. The van der Waals surface area contributed by atoms with Crippen molar-refractivity contribution in [2.75, 3.05) is 6.61 Å². The number of ether oxygens (including phenoxy) is 2. The Labute approximate surface area is 601 Å². The van der Waals surface area contributed by atoms with Crippen LogP contribution in [0.3, 0.4) is 0 Å². The smallest absolute Gasteiger partial charge is 0.157 e. The van der Waals surface area contributed by atoms with Crippen LogP contribution in [-0.4, -0.2) is 311 Å². The Morgan fingerprint density at radius 2 is 1.02 bits per heavy atom. The number of carbonyl (C=O) groups excluding carboxylic acids is 1. The van der Waals surface area contributed by atoms with E-state index in [-0.39, 0.29) is 55.1 Å². The standard InChI is InChI=1S/C74H132O28/c1-6-7-8-9-10-11-12-13-14-15-16-21-31-50(80)63(92)69(98)73-66(95)58(88)40-59(101-73)67(96)60(89)44(4)32-33-51(81)72-70(99)68(97)71(100)74(102-72)65(94)55(85)36-43(3)35-54(84)62(91)56(86)39-57(87)64(93)61(90)45(5)37-53(83)52(82)34-42(2)25-19-17-18-20-27-47(77)38-48(78)28-23-22-26-46(76)29-24-30-49(79)41-75/h6,19-21,25,27,31,36,42,45-46,48-76,78-100H,1,4,7-18,22-24,26,28-30,32-35,37-41H2,2-3,5H3/b25-19+,27-20+,31-21+,43-36+/t42?,45?,46?,48?,49?,50?,51?,52?,53?,54?,55?,56?,57?,58-,59-,60?,61?,62?,63?,64?,65?,66-,67?,68-,69?,70+,71-,72-,73-,74+/m1/s1. The minimum absolute atomic E-state index is 0.0330. The SMILES string of the molecule is C=CCCCCCCCCCC/C=C/C(O)C(O)C(O)[C@@H]1O[C@@H](C(O)C(O)C(=C)CCC(O)[C@H]2O[C@@H](C(O)C(O)/C=C(\C)CC(O)C(O)C(O)CC(O)C(O)C(O)C(C)CC(O)C(O)CC(C)/C=C/CC/C=C/C(=O)CC(O)CCCCC(O)CCCC(O)CO)[C@H](O)[C@H](O)[C@@H]2O)C[C@@H](O)[C@H]1O. The van der Waals surface area contributed by atoms with Crippen molar-refractivity contribution in [1.29, 1.82) is 0 Å². The third-order valence-electron chi connectivity index (χ3n) is 19.6. The molecular formula is C74H132O28. The van der Waals surface area contributed by atoms with Crippen LogP contribution in [0.2, 0.25) is 0 Å². The van der Waals surface area contributed by atoms with Crippen molar-refractivity contribution in [2.24, 2.45) is 11.8 Å². The van der Waals surface area contributed by atoms with Gasteiger partial charge >= 0.3 is 0 Å². The molecule has 0 aromatic rings. The second kappa shape index (κ2) is 51.4. The monoisotopic (exact) mass is 1470 g/mol. The number of unbranched alkanes of at least 4 members (excludes halogenated alkanes) is 11. The molecule has 0 spiro atoms. The van der Waals surface area contributed by atoms with Crippen LogP contribution in [0.4, 0.5) is 0 Å². The van der Waals surface area contributed by atoms with Gasteiger partial charge in [-0.25, -0.2) is 0 Å². The van der Waals surface area contributed by atoms with Crippen molar-refractivity contribution in [3.05, 3.63) is 72.9 Å². The molecule has 28 nitrogen and oxygen atoms in total. The number of aliphatic hydroxyl groups is 25. The predicted octanol–water partition coefficient (Wildman–Crippen LogP) is -1.09. The lowest BCUT2D eigenvalue weighted by molar-refractivity contribution is -0.267. The zero-order chi connectivity index (χ0) is 76.9. The van der Waals surface area contributed by atoms with Gasteiger partial charge in [-0.3, -0.25) is 4.79 Å². The highest BCUT2D eigenvalue weighted by molar-refractivity contribution is 5.89. The molecule has 0 aromatic heterocycles. The van der Waals surface area contributed by atoms with E-state index in [2.05, 4.69) is 13.2 Å². The molecule has 0 aromatic carbocycles. The average molecular weight is 1470 g/mol. The van der Waals surface area contributed by atoms with Crippen LogP contribution in [0.5, 0.6) is 0 Å². The summed E-state index contributed by atoms with van der Waals surface area (Å²) in [6.45, 7) is 11.8. The van der Waals surface area contributed by atoms with Gasteiger partial charge < -0.3 is 137 Å². The van der Waals surface area contributed by atoms with Crippen molar-refractivity contribution in [3.8, 4) is 0 Å². The molecule has 21 unspecified atom stereocenters. The van der Waals surface area contributed by atoms with Crippen LogP contribution < -0.4 is 0 Å². The van der Waals surface area contributed by atoms with Gasteiger partial charge in [0.2, 0.25) is 0 Å². The van der Waals surface area contributed by atoms with Gasteiger partial charge in [-0.15, -0.1) is 6.58 Å². The maximum atomic E-state index is 12.3. The van der Waals surface area contributed by atoms with Gasteiger partial charge in [0.15, 0.2) is 5.78 Å². The molecule has 2 fully saturated rings. The van der Waals surface area contributed by atoms with Crippen LogP contribution in [0.1, 0.15) is 194 Å². The summed E-state index contributed by atoms with van der Waals surface area (Å²) in [5.41, 5.74) is -0.0757. The summed E-state index contributed by atoms with van der Waals surface area (Å²) < 4.78 is 11.4. The lowest BCUT2D eigenvalue weighted by Crippen LogP contribution is -2.64. The summed E-state index contributed by atoms with van der Waals surface area (Å²) in [6, 6.07) is 0. The quantitative estimate of drug-likeness (QED) is 0.0195. The normalized spacial score (nSPS) is 27.3. The number of ketones is 1. The van der Waals surface area contributed by atoms with Crippen LogP contribution >= 0.6 is 0 Å². The summed E-state index contributed by atoms with van der Waals surface area (Å²) in [7, 11) is 0. The highest BCUT2D eigenvalue weighted by Crippen LogP contribution is 2.33. The molecule has 28 heteroatoms. The van der Waals surface area contributed by atoms with E-state index in [4.69, 9.17) is 14.6 Å². The van der Waals surface area contributed by atoms with Crippen molar-refractivity contribution in [2.45, 2.75) is 365 Å². The third kappa shape index (κ3) is 34.9. The zero-order valence-electron chi connectivity index (χ0n) is 60.1. The van der Waals surface area contributed by atoms with Crippen molar-refractivity contribution in [3.63, 3.8) is 0 Å². The second-order valence-electron chi connectivity index (χ2n) is 28.9. The third-order valence-corrected chi connectivity index (χ3v) is 19.6. The largest absolute Gasteiger partial charge is 0.394 e. The van der Waals surface area contributed by atoms with E-state index in [1.165, 1.54) is 38.8 Å². The van der Waals surface area contributed by atoms with Gasteiger partial charge in [0.25, 0.3) is 0 Å². The minimum Gasteiger partial charge on any atom is -0.394 e. The molecule has 2 saturated heterocycles. The number of carbonyl (C=O) groups is 1. The molecule has 0 radical (unpaired) electrons. The molecule has 2 heterocycles. The Morgan fingerprint density at radius 3 is 1.65 bits per heavy atom. The predicted molar refractivity (Wildman–Crippen MR) is 377 cm³/mol. The van der Waals surface area contributed by atoms with Crippen LogP contribution in [0.25, 0.3) is 0 Å². The van der Waals surface area contributed by atoms with E-state index < -0.39 is 203 Å². The summed E-state index contributed by atoms with van der Waals surface area (Å²) in [4.78, 5) is 12.3. The Hall–Kier alpha value is -2.97. The first kappa shape index (κ1) is 95.1. The second-order valence-corrected chi connectivity index (χ2v) is 28.9. The number of rotatable bonds is 56. The topological polar surface area (TPSA) is 541 Å². The van der Waals surface area contributed by atoms with Crippen LogP contribution in [0.15, 0.2) is 72.9 Å². The van der Waals surface area contributed by atoms with E-state index >= 15 is 0 Å². The molecule has 0 saturated carbocycles.